The van der Waals surface area contributed by atoms with E-state index in [4.69, 9.17) is 4.74 Å². The molecule has 1 aromatic carbocycles. The molecule has 1 aromatic rings. The molecule has 2 amide bonds. The fraction of sp³-hybridized carbons (Fsp3) is 0.562. The minimum absolute atomic E-state index is 0.199. The van der Waals surface area contributed by atoms with Gasteiger partial charge in [-0.15, -0.1) is 0 Å². The molecular formula is C16H25N3O2S. The van der Waals surface area contributed by atoms with Gasteiger partial charge in [0.2, 0.25) is 0 Å². The van der Waals surface area contributed by atoms with Crippen LogP contribution in [0.1, 0.15) is 5.56 Å². The highest BCUT2D eigenvalue weighted by molar-refractivity contribution is 7.99. The van der Waals surface area contributed by atoms with Crippen LogP contribution in [0.4, 0.5) is 10.5 Å². The maximum Gasteiger partial charge on any atom is 0.319 e. The maximum absolute atomic E-state index is 11.6. The van der Waals surface area contributed by atoms with E-state index in [9.17, 15) is 4.79 Å². The summed E-state index contributed by atoms with van der Waals surface area (Å²) in [5, 5.41) is 5.55. The Bertz CT molecular complexity index is 447. The van der Waals surface area contributed by atoms with Crippen molar-refractivity contribution in [2.24, 2.45) is 0 Å². The Balaban J connectivity index is 1.71. The van der Waals surface area contributed by atoms with Gasteiger partial charge >= 0.3 is 6.03 Å². The Morgan fingerprint density at radius 2 is 2.00 bits per heavy atom. The zero-order valence-corrected chi connectivity index (χ0v) is 14.0. The highest BCUT2D eigenvalue weighted by Gasteiger charge is 2.09. The normalized spacial score (nSPS) is 15.5. The first-order chi connectivity index (χ1) is 10.8. The third kappa shape index (κ3) is 6.25. The quantitative estimate of drug-likeness (QED) is 0.754. The third-order valence-electron chi connectivity index (χ3n) is 3.62. The lowest BCUT2D eigenvalue weighted by Gasteiger charge is -2.26. The number of nitrogens with zero attached hydrogens (tertiary/aromatic N) is 1. The molecule has 6 heteroatoms. The summed E-state index contributed by atoms with van der Waals surface area (Å²) in [6.45, 7) is 4.54. The second kappa shape index (κ2) is 9.71. The number of anilines is 1. The van der Waals surface area contributed by atoms with Gasteiger partial charge in [-0.2, -0.15) is 11.8 Å². The monoisotopic (exact) mass is 323 g/mol. The van der Waals surface area contributed by atoms with Crippen LogP contribution in [-0.4, -0.2) is 62.3 Å². The highest BCUT2D eigenvalue weighted by atomic mass is 32.2. The van der Waals surface area contributed by atoms with Gasteiger partial charge in [0.15, 0.2) is 0 Å². The largest absolute Gasteiger partial charge is 0.383 e. The smallest absolute Gasteiger partial charge is 0.319 e. The lowest BCUT2D eigenvalue weighted by molar-refractivity contribution is 0.198. The van der Waals surface area contributed by atoms with Crippen LogP contribution in [0.25, 0.3) is 0 Å². The first-order valence-electron chi connectivity index (χ1n) is 7.71. The first kappa shape index (κ1) is 17.1. The molecule has 0 spiro atoms. The Hall–Kier alpha value is -1.24. The van der Waals surface area contributed by atoms with Crippen LogP contribution in [0.2, 0.25) is 0 Å². The van der Waals surface area contributed by atoms with E-state index in [1.165, 1.54) is 30.2 Å². The molecule has 0 bridgehead atoms. The molecule has 1 heterocycles. The number of methoxy groups -OCH3 is 1. The van der Waals surface area contributed by atoms with Crippen molar-refractivity contribution in [2.45, 2.75) is 6.42 Å². The number of carbonyl (C=O) groups is 1. The molecule has 0 radical (unpaired) electrons. The van der Waals surface area contributed by atoms with Gasteiger partial charge in [0.25, 0.3) is 0 Å². The molecule has 0 unspecified atom stereocenters. The molecule has 0 atom stereocenters. The fourth-order valence-corrected chi connectivity index (χ4v) is 3.29. The van der Waals surface area contributed by atoms with Crippen LogP contribution in [-0.2, 0) is 11.2 Å². The van der Waals surface area contributed by atoms with E-state index in [0.29, 0.717) is 13.2 Å². The topological polar surface area (TPSA) is 53.6 Å². The van der Waals surface area contributed by atoms with E-state index in [-0.39, 0.29) is 6.03 Å². The van der Waals surface area contributed by atoms with Crippen molar-refractivity contribution >= 4 is 23.5 Å². The lowest BCUT2D eigenvalue weighted by Crippen LogP contribution is -2.34. The summed E-state index contributed by atoms with van der Waals surface area (Å²) in [7, 11) is 1.61. The summed E-state index contributed by atoms with van der Waals surface area (Å²) in [6, 6.07) is 7.89. The summed E-state index contributed by atoms with van der Waals surface area (Å²) in [4.78, 5) is 14.1. The minimum atomic E-state index is -0.199. The number of hydrogen-bond acceptors (Lipinski definition) is 4. The van der Waals surface area contributed by atoms with Crippen molar-refractivity contribution in [3.05, 3.63) is 29.8 Å². The second-order valence-electron chi connectivity index (χ2n) is 5.27. The molecular weight excluding hydrogens is 298 g/mol. The van der Waals surface area contributed by atoms with Gasteiger partial charge in [-0.05, 0) is 24.1 Å². The number of benzene rings is 1. The molecule has 0 aromatic heterocycles. The van der Waals surface area contributed by atoms with Crippen LogP contribution in [0.3, 0.4) is 0 Å². The SMILES string of the molecule is COCCNC(=O)Nc1ccc(CCN2CCSCC2)cc1. The number of nitrogens with one attached hydrogen (secondary N) is 2. The van der Waals surface area contributed by atoms with Crippen molar-refractivity contribution < 1.29 is 9.53 Å². The zero-order chi connectivity index (χ0) is 15.6. The first-order valence-corrected chi connectivity index (χ1v) is 8.86. The summed E-state index contributed by atoms with van der Waals surface area (Å²) in [5.74, 6) is 2.50. The summed E-state index contributed by atoms with van der Waals surface area (Å²) in [5.41, 5.74) is 2.12. The van der Waals surface area contributed by atoms with Crippen LogP contribution >= 0.6 is 11.8 Å². The fourth-order valence-electron chi connectivity index (χ4n) is 2.31. The second-order valence-corrected chi connectivity index (χ2v) is 6.50. The zero-order valence-electron chi connectivity index (χ0n) is 13.1. The molecule has 1 aliphatic heterocycles. The Morgan fingerprint density at radius 3 is 2.68 bits per heavy atom. The van der Waals surface area contributed by atoms with E-state index in [1.807, 2.05) is 23.9 Å². The van der Waals surface area contributed by atoms with Gasteiger partial charge in [0, 0.05) is 50.5 Å². The number of ether oxygens (including phenoxy) is 1. The summed E-state index contributed by atoms with van der Waals surface area (Å²) in [6.07, 6.45) is 1.06. The van der Waals surface area contributed by atoms with Gasteiger partial charge in [-0.1, -0.05) is 12.1 Å². The number of hydrogen-bond donors (Lipinski definition) is 2. The average Bonchev–Trinajstić information content (AvgIpc) is 2.55. The predicted molar refractivity (Wildman–Crippen MR) is 92.8 cm³/mol. The molecule has 2 N–H and O–H groups in total. The molecule has 0 saturated carbocycles. The number of thioether (sulfide) groups is 1. The third-order valence-corrected chi connectivity index (χ3v) is 4.57. The highest BCUT2D eigenvalue weighted by Crippen LogP contribution is 2.12. The molecule has 0 aliphatic carbocycles. The van der Waals surface area contributed by atoms with E-state index < -0.39 is 0 Å². The Kier molecular flexibility index (Phi) is 7.56. The van der Waals surface area contributed by atoms with Crippen LogP contribution in [0.15, 0.2) is 24.3 Å². The van der Waals surface area contributed by atoms with E-state index in [1.54, 1.807) is 7.11 Å². The predicted octanol–water partition coefficient (Wildman–Crippen LogP) is 2.05. The van der Waals surface area contributed by atoms with E-state index >= 15 is 0 Å². The Morgan fingerprint density at radius 1 is 1.27 bits per heavy atom. The molecule has 2 rings (SSSR count). The molecule has 1 saturated heterocycles. The summed E-state index contributed by atoms with van der Waals surface area (Å²) < 4.78 is 4.89. The van der Waals surface area contributed by atoms with Crippen molar-refractivity contribution in [3.63, 3.8) is 0 Å². The van der Waals surface area contributed by atoms with E-state index in [0.717, 1.165) is 18.7 Å². The van der Waals surface area contributed by atoms with Gasteiger partial charge in [0.05, 0.1) is 6.61 Å². The minimum Gasteiger partial charge on any atom is -0.383 e. The van der Waals surface area contributed by atoms with E-state index in [2.05, 4.69) is 27.7 Å². The van der Waals surface area contributed by atoms with Crippen molar-refractivity contribution in [1.29, 1.82) is 0 Å². The van der Waals surface area contributed by atoms with Crippen molar-refractivity contribution in [1.82, 2.24) is 10.2 Å². The van der Waals surface area contributed by atoms with Gasteiger partial charge in [-0.25, -0.2) is 4.79 Å². The molecule has 5 nitrogen and oxygen atoms in total. The molecule has 22 heavy (non-hydrogen) atoms. The van der Waals surface area contributed by atoms with Crippen LogP contribution < -0.4 is 10.6 Å². The maximum atomic E-state index is 11.6. The number of carbonyl (C=O) groups excluding carboxylic acids is 1. The Labute approximate surface area is 136 Å². The van der Waals surface area contributed by atoms with Crippen LogP contribution in [0, 0.1) is 0 Å². The van der Waals surface area contributed by atoms with Gasteiger partial charge < -0.3 is 20.3 Å². The van der Waals surface area contributed by atoms with Crippen molar-refractivity contribution in [2.75, 3.05) is 56.7 Å². The lowest BCUT2D eigenvalue weighted by atomic mass is 10.1. The molecule has 1 fully saturated rings. The average molecular weight is 323 g/mol. The molecule has 1 aliphatic rings. The van der Waals surface area contributed by atoms with Crippen molar-refractivity contribution in [3.8, 4) is 0 Å². The number of rotatable bonds is 7. The van der Waals surface area contributed by atoms with Gasteiger partial charge in [0.1, 0.15) is 0 Å². The number of urea groups is 1. The standard InChI is InChI=1S/C16H25N3O2S/c1-21-11-7-17-16(20)18-15-4-2-14(3-5-15)6-8-19-9-12-22-13-10-19/h2-5H,6-13H2,1H3,(H2,17,18,20). The molecule has 122 valence electrons. The van der Waals surface area contributed by atoms with Crippen LogP contribution in [0.5, 0.6) is 0 Å². The number of amides is 2. The summed E-state index contributed by atoms with van der Waals surface area (Å²) >= 11 is 2.04. The van der Waals surface area contributed by atoms with Gasteiger partial charge in [-0.3, -0.25) is 0 Å².